The molecule has 2 aromatic rings. The Balaban J connectivity index is 1.87. The molecule has 0 aliphatic carbocycles. The van der Waals surface area contributed by atoms with Gasteiger partial charge in [0.2, 0.25) is 11.9 Å². The number of hydrogen-bond donors (Lipinski definition) is 1. The van der Waals surface area contributed by atoms with Gasteiger partial charge in [0.1, 0.15) is 0 Å². The van der Waals surface area contributed by atoms with Crippen molar-refractivity contribution in [2.24, 2.45) is 0 Å². The second kappa shape index (κ2) is 8.31. The van der Waals surface area contributed by atoms with Crippen molar-refractivity contribution >= 4 is 23.6 Å². The number of hydrogen-bond acceptors (Lipinski definition) is 6. The quantitative estimate of drug-likeness (QED) is 0.792. The van der Waals surface area contributed by atoms with E-state index in [1.165, 1.54) is 11.8 Å². The molecule has 7 nitrogen and oxygen atoms in total. The van der Waals surface area contributed by atoms with Crippen molar-refractivity contribution in [3.05, 3.63) is 29.8 Å². The topological polar surface area (TPSA) is 72.3 Å². The zero-order valence-electron chi connectivity index (χ0n) is 16.4. The van der Waals surface area contributed by atoms with E-state index in [9.17, 15) is 4.79 Å². The highest BCUT2D eigenvalue weighted by Crippen LogP contribution is 2.27. The number of anilines is 1. The first-order valence-electron chi connectivity index (χ1n) is 9.12. The second-order valence-corrected chi connectivity index (χ2v) is 8.59. The van der Waals surface area contributed by atoms with E-state index in [0.29, 0.717) is 24.1 Å². The van der Waals surface area contributed by atoms with Crippen LogP contribution in [0.25, 0.3) is 5.69 Å². The van der Waals surface area contributed by atoms with E-state index in [2.05, 4.69) is 39.5 Å². The fourth-order valence-corrected chi connectivity index (χ4v) is 3.65. The fourth-order valence-electron chi connectivity index (χ4n) is 2.90. The summed E-state index contributed by atoms with van der Waals surface area (Å²) in [6.07, 6.45) is 0. The highest BCUT2D eigenvalue weighted by atomic mass is 32.2. The minimum atomic E-state index is -0.249. The van der Waals surface area contributed by atoms with Gasteiger partial charge in [-0.2, -0.15) is 0 Å². The lowest BCUT2D eigenvalue weighted by molar-refractivity contribution is -0.119. The summed E-state index contributed by atoms with van der Waals surface area (Å²) in [5, 5.41) is 12.5. The van der Waals surface area contributed by atoms with Crippen molar-refractivity contribution in [3.63, 3.8) is 0 Å². The van der Waals surface area contributed by atoms with Gasteiger partial charge in [-0.3, -0.25) is 9.36 Å². The molecule has 146 valence electrons. The molecule has 0 atom stereocenters. The molecule has 27 heavy (non-hydrogen) atoms. The van der Waals surface area contributed by atoms with Gasteiger partial charge in [0, 0.05) is 18.6 Å². The summed E-state index contributed by atoms with van der Waals surface area (Å²) in [5.74, 6) is 1.08. The van der Waals surface area contributed by atoms with E-state index in [1.807, 2.05) is 37.5 Å². The SMILES string of the molecule is Cc1cccc(-n2c(SCC(=O)NC(C)(C)C)nnc2N2CCOCC2)c1. The predicted octanol–water partition coefficient (Wildman–Crippen LogP) is 2.42. The monoisotopic (exact) mass is 389 g/mol. The van der Waals surface area contributed by atoms with Crippen LogP contribution in [-0.2, 0) is 9.53 Å². The van der Waals surface area contributed by atoms with Crippen molar-refractivity contribution in [2.75, 3.05) is 37.0 Å². The summed E-state index contributed by atoms with van der Waals surface area (Å²) < 4.78 is 7.50. The van der Waals surface area contributed by atoms with E-state index >= 15 is 0 Å². The number of nitrogens with one attached hydrogen (secondary N) is 1. The maximum absolute atomic E-state index is 12.2. The number of nitrogens with zero attached hydrogens (tertiary/aromatic N) is 4. The Morgan fingerprint density at radius 2 is 2.00 bits per heavy atom. The molecule has 0 radical (unpaired) electrons. The average Bonchev–Trinajstić information content (AvgIpc) is 3.03. The van der Waals surface area contributed by atoms with E-state index < -0.39 is 0 Å². The van der Waals surface area contributed by atoms with Crippen LogP contribution in [0.1, 0.15) is 26.3 Å². The normalized spacial score (nSPS) is 15.0. The van der Waals surface area contributed by atoms with E-state index in [-0.39, 0.29) is 11.4 Å². The molecule has 1 fully saturated rings. The molecule has 3 rings (SSSR count). The molecule has 1 aliphatic rings. The minimum absolute atomic E-state index is 0.0146. The van der Waals surface area contributed by atoms with Crippen molar-refractivity contribution in [2.45, 2.75) is 38.4 Å². The van der Waals surface area contributed by atoms with Gasteiger partial charge in [-0.25, -0.2) is 0 Å². The van der Waals surface area contributed by atoms with E-state index in [0.717, 1.165) is 30.3 Å². The maximum atomic E-state index is 12.2. The van der Waals surface area contributed by atoms with Gasteiger partial charge < -0.3 is 15.0 Å². The Hall–Kier alpha value is -2.06. The molecule has 0 spiro atoms. The Morgan fingerprint density at radius 1 is 1.26 bits per heavy atom. The molecule has 1 amide bonds. The molecule has 1 aliphatic heterocycles. The first kappa shape index (κ1) is 19.7. The molecular formula is C19H27N5O2S. The van der Waals surface area contributed by atoms with E-state index in [1.54, 1.807) is 0 Å². The fraction of sp³-hybridized carbons (Fsp3) is 0.526. The highest BCUT2D eigenvalue weighted by molar-refractivity contribution is 7.99. The van der Waals surface area contributed by atoms with E-state index in [4.69, 9.17) is 4.74 Å². The third kappa shape index (κ3) is 5.23. The zero-order valence-corrected chi connectivity index (χ0v) is 17.2. The smallest absolute Gasteiger partial charge is 0.232 e. The Kier molecular flexibility index (Phi) is 6.06. The second-order valence-electron chi connectivity index (χ2n) is 7.64. The lowest BCUT2D eigenvalue weighted by Crippen LogP contribution is -2.41. The van der Waals surface area contributed by atoms with Crippen LogP contribution in [0.2, 0.25) is 0 Å². The van der Waals surface area contributed by atoms with Crippen molar-refractivity contribution in [1.29, 1.82) is 0 Å². The molecule has 8 heteroatoms. The first-order valence-corrected chi connectivity index (χ1v) is 10.1. The Bertz CT molecular complexity index is 794. The summed E-state index contributed by atoms with van der Waals surface area (Å²) >= 11 is 1.40. The van der Waals surface area contributed by atoms with Crippen molar-refractivity contribution < 1.29 is 9.53 Å². The van der Waals surface area contributed by atoms with Crippen molar-refractivity contribution in [3.8, 4) is 5.69 Å². The number of carbonyl (C=O) groups is 1. The number of ether oxygens (including phenoxy) is 1. The number of thioether (sulfide) groups is 1. The summed E-state index contributed by atoms with van der Waals surface area (Å²) in [6.45, 7) is 10.9. The van der Waals surface area contributed by atoms with Crippen molar-refractivity contribution in [1.82, 2.24) is 20.1 Å². The number of amides is 1. The summed E-state index contributed by atoms with van der Waals surface area (Å²) in [6, 6.07) is 8.23. The number of aryl methyl sites for hydroxylation is 1. The van der Waals surface area contributed by atoms with Gasteiger partial charge in [-0.05, 0) is 45.4 Å². The number of benzene rings is 1. The third-order valence-electron chi connectivity index (χ3n) is 4.02. The molecule has 1 N–H and O–H groups in total. The molecule has 0 bridgehead atoms. The van der Waals surface area contributed by atoms with Crippen LogP contribution in [0, 0.1) is 6.92 Å². The number of aromatic nitrogens is 3. The number of morpholine rings is 1. The lowest BCUT2D eigenvalue weighted by atomic mass is 10.1. The Labute approximate surface area is 164 Å². The largest absolute Gasteiger partial charge is 0.378 e. The molecular weight excluding hydrogens is 362 g/mol. The summed E-state index contributed by atoms with van der Waals surface area (Å²) in [5.41, 5.74) is 1.91. The maximum Gasteiger partial charge on any atom is 0.232 e. The standard InChI is InChI=1S/C19H27N5O2S/c1-14-6-5-7-15(12-14)24-17(23-8-10-26-11-9-23)21-22-18(24)27-13-16(25)20-19(2,3)4/h5-7,12H,8-11,13H2,1-4H3,(H,20,25). The highest BCUT2D eigenvalue weighted by Gasteiger charge is 2.23. The molecule has 0 saturated carbocycles. The van der Waals surface area contributed by atoms with Crippen LogP contribution < -0.4 is 10.2 Å². The van der Waals surface area contributed by atoms with Crippen LogP contribution in [0.15, 0.2) is 29.4 Å². The van der Waals surface area contributed by atoms with Crippen LogP contribution in [0.3, 0.4) is 0 Å². The third-order valence-corrected chi connectivity index (χ3v) is 4.95. The number of rotatable bonds is 5. The van der Waals surface area contributed by atoms with Gasteiger partial charge >= 0.3 is 0 Å². The van der Waals surface area contributed by atoms with Crippen LogP contribution in [0.5, 0.6) is 0 Å². The Morgan fingerprint density at radius 3 is 2.67 bits per heavy atom. The first-order chi connectivity index (χ1) is 12.8. The van der Waals surface area contributed by atoms with Gasteiger partial charge in [0.05, 0.1) is 24.7 Å². The minimum Gasteiger partial charge on any atom is -0.378 e. The van der Waals surface area contributed by atoms with Crippen LogP contribution in [-0.4, -0.2) is 58.3 Å². The molecule has 1 saturated heterocycles. The predicted molar refractivity (Wildman–Crippen MR) is 108 cm³/mol. The molecule has 2 heterocycles. The zero-order chi connectivity index (χ0) is 19.4. The van der Waals surface area contributed by atoms with Gasteiger partial charge in [0.15, 0.2) is 5.16 Å². The van der Waals surface area contributed by atoms with Crippen LogP contribution in [0.4, 0.5) is 5.95 Å². The molecule has 1 aromatic heterocycles. The summed E-state index contributed by atoms with van der Waals surface area (Å²) in [7, 11) is 0. The van der Waals surface area contributed by atoms with Gasteiger partial charge in [-0.1, -0.05) is 23.9 Å². The van der Waals surface area contributed by atoms with Gasteiger partial charge in [-0.15, -0.1) is 10.2 Å². The van der Waals surface area contributed by atoms with Crippen LogP contribution >= 0.6 is 11.8 Å². The average molecular weight is 390 g/mol. The lowest BCUT2D eigenvalue weighted by Gasteiger charge is -2.28. The molecule has 0 unspecified atom stereocenters. The molecule has 1 aromatic carbocycles. The summed E-state index contributed by atoms with van der Waals surface area (Å²) in [4.78, 5) is 14.4. The van der Waals surface area contributed by atoms with Gasteiger partial charge in [0.25, 0.3) is 0 Å². The number of carbonyl (C=O) groups excluding carboxylic acids is 1.